The van der Waals surface area contributed by atoms with Crippen LogP contribution < -0.4 is 5.32 Å². The molecular weight excluding hydrogens is 252 g/mol. The van der Waals surface area contributed by atoms with E-state index in [1.807, 2.05) is 0 Å². The van der Waals surface area contributed by atoms with Gasteiger partial charge in [0.25, 0.3) is 0 Å². The van der Waals surface area contributed by atoms with Crippen molar-refractivity contribution in [1.29, 1.82) is 0 Å². The molecule has 1 aliphatic carbocycles. The normalized spacial score (nSPS) is 16.2. The lowest BCUT2D eigenvalue weighted by Crippen LogP contribution is -2.12. The van der Waals surface area contributed by atoms with Gasteiger partial charge in [0, 0.05) is 13.5 Å². The van der Waals surface area contributed by atoms with Crippen LogP contribution in [0.4, 0.5) is 5.13 Å². The van der Waals surface area contributed by atoms with Crippen LogP contribution in [-0.2, 0) is 4.74 Å². The zero-order valence-corrected chi connectivity index (χ0v) is 11.5. The molecule has 98 valence electrons. The topological polar surface area (TPSA) is 68.3 Å². The smallest absolute Gasteiger partial charge is 0.358 e. The van der Waals surface area contributed by atoms with Crippen molar-refractivity contribution in [2.24, 2.45) is 5.41 Å². The van der Waals surface area contributed by atoms with Crippen molar-refractivity contribution >= 4 is 28.2 Å². The minimum absolute atomic E-state index is 0.110. The van der Waals surface area contributed by atoms with Gasteiger partial charge < -0.3 is 10.1 Å². The number of thiazole rings is 1. The molecular formula is C12H16N2O3S. The summed E-state index contributed by atoms with van der Waals surface area (Å²) in [6.07, 6.45) is 2.41. The minimum Gasteiger partial charge on any atom is -0.464 e. The van der Waals surface area contributed by atoms with E-state index in [2.05, 4.69) is 22.0 Å². The molecule has 1 N–H and O–H groups in total. The van der Waals surface area contributed by atoms with Crippen LogP contribution in [0.25, 0.3) is 0 Å². The largest absolute Gasteiger partial charge is 0.464 e. The number of Topliss-reactive ketones (excluding diaryl/α,β-unsaturated/α-hetero) is 1. The first kappa shape index (κ1) is 13.0. The van der Waals surface area contributed by atoms with Crippen molar-refractivity contribution in [3.8, 4) is 0 Å². The Morgan fingerprint density at radius 2 is 2.17 bits per heavy atom. The highest BCUT2D eigenvalue weighted by atomic mass is 32.1. The lowest BCUT2D eigenvalue weighted by molar-refractivity contribution is 0.0591. The van der Waals surface area contributed by atoms with Gasteiger partial charge in [-0.05, 0) is 18.3 Å². The van der Waals surface area contributed by atoms with Crippen LogP contribution in [0, 0.1) is 5.41 Å². The third-order valence-electron chi connectivity index (χ3n) is 3.10. The number of nitrogens with zero attached hydrogens (tertiary/aromatic N) is 1. The van der Waals surface area contributed by atoms with Gasteiger partial charge in [0.15, 0.2) is 16.6 Å². The van der Waals surface area contributed by atoms with Crippen LogP contribution in [-0.4, -0.2) is 30.4 Å². The molecule has 6 heteroatoms. The molecule has 0 bridgehead atoms. The van der Waals surface area contributed by atoms with E-state index < -0.39 is 5.97 Å². The lowest BCUT2D eigenvalue weighted by Gasteiger charge is -2.07. The first-order valence-corrected chi connectivity index (χ1v) is 6.61. The molecule has 1 aromatic rings. The average Bonchev–Trinajstić information content (AvgIpc) is 2.92. The van der Waals surface area contributed by atoms with E-state index in [0.717, 1.165) is 6.54 Å². The van der Waals surface area contributed by atoms with E-state index in [0.29, 0.717) is 15.4 Å². The maximum Gasteiger partial charge on any atom is 0.358 e. The minimum atomic E-state index is -0.567. The zero-order chi connectivity index (χ0) is 13.3. The van der Waals surface area contributed by atoms with Gasteiger partial charge in [-0.15, -0.1) is 0 Å². The number of aromatic nitrogens is 1. The van der Waals surface area contributed by atoms with E-state index in [1.54, 1.807) is 0 Å². The molecule has 2 rings (SSSR count). The summed E-state index contributed by atoms with van der Waals surface area (Å²) in [7, 11) is 1.28. The molecule has 1 aromatic heterocycles. The number of nitrogens with one attached hydrogen (secondary N) is 1. The number of ether oxygens (including phenoxy) is 1. The fraction of sp³-hybridized carbons (Fsp3) is 0.583. The molecule has 0 unspecified atom stereocenters. The van der Waals surface area contributed by atoms with Gasteiger partial charge in [0.2, 0.25) is 0 Å². The fourth-order valence-corrected chi connectivity index (χ4v) is 2.39. The number of hydrogen-bond donors (Lipinski definition) is 1. The molecule has 0 aliphatic heterocycles. The summed E-state index contributed by atoms with van der Waals surface area (Å²) < 4.78 is 4.62. The maximum absolute atomic E-state index is 11.5. The molecule has 0 radical (unpaired) electrons. The third-order valence-corrected chi connectivity index (χ3v) is 4.21. The number of hydrogen-bond acceptors (Lipinski definition) is 6. The van der Waals surface area contributed by atoms with Gasteiger partial charge in [0.05, 0.1) is 7.11 Å². The van der Waals surface area contributed by atoms with Crippen molar-refractivity contribution in [2.75, 3.05) is 19.0 Å². The Morgan fingerprint density at radius 1 is 1.50 bits per heavy atom. The molecule has 0 amide bonds. The second-order valence-corrected chi connectivity index (χ2v) is 5.91. The van der Waals surface area contributed by atoms with Crippen molar-refractivity contribution in [3.05, 3.63) is 10.6 Å². The van der Waals surface area contributed by atoms with E-state index in [1.165, 1.54) is 38.2 Å². The highest BCUT2D eigenvalue weighted by Crippen LogP contribution is 2.45. The molecule has 0 aromatic carbocycles. The van der Waals surface area contributed by atoms with E-state index in [-0.39, 0.29) is 11.5 Å². The summed E-state index contributed by atoms with van der Waals surface area (Å²) in [5, 5.41) is 3.79. The number of carbonyl (C=O) groups excluding carboxylic acids is 2. The van der Waals surface area contributed by atoms with Crippen LogP contribution in [0.1, 0.15) is 46.8 Å². The summed E-state index contributed by atoms with van der Waals surface area (Å²) in [6.45, 7) is 4.44. The van der Waals surface area contributed by atoms with Crippen LogP contribution in [0.2, 0.25) is 0 Å². The Morgan fingerprint density at radius 3 is 2.67 bits per heavy atom. The Labute approximate surface area is 110 Å². The van der Waals surface area contributed by atoms with Gasteiger partial charge >= 0.3 is 5.97 Å². The van der Waals surface area contributed by atoms with Crippen LogP contribution in [0.3, 0.4) is 0 Å². The first-order chi connectivity index (χ1) is 8.45. The molecule has 5 nitrogen and oxygen atoms in total. The first-order valence-electron chi connectivity index (χ1n) is 5.79. The van der Waals surface area contributed by atoms with E-state index >= 15 is 0 Å². The number of anilines is 1. The predicted octanol–water partition coefficient (Wildman–Crippen LogP) is 2.34. The zero-order valence-electron chi connectivity index (χ0n) is 10.7. The van der Waals surface area contributed by atoms with Gasteiger partial charge in [0.1, 0.15) is 4.88 Å². The van der Waals surface area contributed by atoms with Crippen molar-refractivity contribution in [2.45, 2.75) is 26.7 Å². The summed E-state index contributed by atoms with van der Waals surface area (Å²) in [4.78, 5) is 27.5. The predicted molar refractivity (Wildman–Crippen MR) is 69.3 cm³/mol. The Bertz CT molecular complexity index is 492. The molecule has 1 aliphatic rings. The summed E-state index contributed by atoms with van der Waals surface area (Å²) in [5.41, 5.74) is 0.450. The summed E-state index contributed by atoms with van der Waals surface area (Å²) in [6, 6.07) is 0. The molecule has 0 atom stereocenters. The highest BCUT2D eigenvalue weighted by molar-refractivity contribution is 7.17. The molecule has 18 heavy (non-hydrogen) atoms. The van der Waals surface area contributed by atoms with Gasteiger partial charge in [-0.1, -0.05) is 18.3 Å². The molecule has 0 saturated heterocycles. The second kappa shape index (κ2) is 4.68. The van der Waals surface area contributed by atoms with Gasteiger partial charge in [-0.25, -0.2) is 9.78 Å². The van der Waals surface area contributed by atoms with E-state index in [4.69, 9.17) is 0 Å². The second-order valence-electron chi connectivity index (χ2n) is 4.91. The number of esters is 1. The van der Waals surface area contributed by atoms with Crippen molar-refractivity contribution < 1.29 is 14.3 Å². The molecule has 1 saturated carbocycles. The maximum atomic E-state index is 11.5. The Balaban J connectivity index is 2.16. The van der Waals surface area contributed by atoms with Crippen molar-refractivity contribution in [1.82, 2.24) is 4.98 Å². The monoisotopic (exact) mass is 268 g/mol. The number of rotatable bonds is 5. The SMILES string of the molecule is COC(=O)c1nc(NCC2(C)CC2)sc1C(C)=O. The Hall–Kier alpha value is -1.43. The number of carbonyl (C=O) groups is 2. The quantitative estimate of drug-likeness (QED) is 0.655. The van der Waals surface area contributed by atoms with Crippen LogP contribution >= 0.6 is 11.3 Å². The molecule has 0 spiro atoms. The molecule has 1 fully saturated rings. The molecule has 1 heterocycles. The standard InChI is InChI=1S/C12H16N2O3S/c1-7(15)9-8(10(16)17-3)14-11(18-9)13-6-12(2)4-5-12/h4-6H2,1-3H3,(H,13,14). The van der Waals surface area contributed by atoms with E-state index in [9.17, 15) is 9.59 Å². The van der Waals surface area contributed by atoms with Gasteiger partial charge in [-0.2, -0.15) is 0 Å². The number of methoxy groups -OCH3 is 1. The Kier molecular flexibility index (Phi) is 3.38. The number of ketones is 1. The lowest BCUT2D eigenvalue weighted by atomic mass is 10.1. The van der Waals surface area contributed by atoms with Crippen LogP contribution in [0.15, 0.2) is 0 Å². The van der Waals surface area contributed by atoms with Crippen LogP contribution in [0.5, 0.6) is 0 Å². The van der Waals surface area contributed by atoms with Gasteiger partial charge in [-0.3, -0.25) is 4.79 Å². The average molecular weight is 268 g/mol. The third kappa shape index (κ3) is 2.69. The fourth-order valence-electron chi connectivity index (χ4n) is 1.55. The summed E-state index contributed by atoms with van der Waals surface area (Å²) >= 11 is 1.21. The summed E-state index contributed by atoms with van der Waals surface area (Å²) in [5.74, 6) is -0.735. The van der Waals surface area contributed by atoms with Crippen molar-refractivity contribution in [3.63, 3.8) is 0 Å². The highest BCUT2D eigenvalue weighted by Gasteiger charge is 2.37.